The molecule has 1 unspecified atom stereocenters. The Balaban J connectivity index is 2.73. The predicted molar refractivity (Wildman–Crippen MR) is 65.8 cm³/mol. The first-order valence-electron chi connectivity index (χ1n) is 5.34. The number of hydrogen-bond acceptors (Lipinski definition) is 5. The second-order valence-corrected chi connectivity index (χ2v) is 4.44. The van der Waals surface area contributed by atoms with Crippen LogP contribution >= 0.6 is 11.5 Å². The number of aryl methyl sites for hydroxylation is 1. The molecule has 5 heteroatoms. The number of nitrogens with zero attached hydrogens (tertiary/aromatic N) is 2. The summed E-state index contributed by atoms with van der Waals surface area (Å²) in [6.45, 7) is 4.63. The van der Waals surface area contributed by atoms with Crippen LogP contribution in [0.25, 0.3) is 0 Å². The van der Waals surface area contributed by atoms with Gasteiger partial charge in [0.15, 0.2) is 0 Å². The van der Waals surface area contributed by atoms with Gasteiger partial charge in [0.2, 0.25) is 0 Å². The maximum absolute atomic E-state index is 9.01. The van der Waals surface area contributed by atoms with Gasteiger partial charge in [-0.15, -0.1) is 0 Å². The molecule has 1 aromatic rings. The Morgan fingerprint density at radius 2 is 2.38 bits per heavy atom. The third-order valence-electron chi connectivity index (χ3n) is 2.31. The molecule has 1 aromatic heterocycles. The average Bonchev–Trinajstić information content (AvgIpc) is 2.60. The fourth-order valence-corrected chi connectivity index (χ4v) is 2.36. The number of methoxy groups -OCH3 is 1. The van der Waals surface area contributed by atoms with Gasteiger partial charge < -0.3 is 10.1 Å². The van der Waals surface area contributed by atoms with E-state index < -0.39 is 0 Å². The summed E-state index contributed by atoms with van der Waals surface area (Å²) in [5.74, 6) is 0. The van der Waals surface area contributed by atoms with Crippen molar-refractivity contribution in [3.8, 4) is 6.07 Å². The van der Waals surface area contributed by atoms with Gasteiger partial charge in [-0.3, -0.25) is 0 Å². The van der Waals surface area contributed by atoms with Gasteiger partial charge in [-0.2, -0.15) is 9.64 Å². The Kier molecular flexibility index (Phi) is 5.23. The normalized spacial score (nSPS) is 12.1. The van der Waals surface area contributed by atoms with Crippen molar-refractivity contribution in [3.05, 3.63) is 11.3 Å². The molecular weight excluding hydrogens is 222 g/mol. The average molecular weight is 239 g/mol. The van der Waals surface area contributed by atoms with Gasteiger partial charge in [-0.25, -0.2) is 0 Å². The van der Waals surface area contributed by atoms with Crippen molar-refractivity contribution in [2.45, 2.75) is 32.7 Å². The molecule has 0 aromatic carbocycles. The number of ether oxygens (including phenoxy) is 1. The summed E-state index contributed by atoms with van der Waals surface area (Å²) in [6, 6.07) is 2.43. The van der Waals surface area contributed by atoms with Crippen molar-refractivity contribution >= 4 is 16.5 Å². The number of rotatable bonds is 6. The summed E-state index contributed by atoms with van der Waals surface area (Å²) >= 11 is 1.34. The molecule has 88 valence electrons. The van der Waals surface area contributed by atoms with Crippen LogP contribution < -0.4 is 5.32 Å². The quantitative estimate of drug-likeness (QED) is 0.828. The van der Waals surface area contributed by atoms with Crippen molar-refractivity contribution in [1.82, 2.24) is 4.37 Å². The van der Waals surface area contributed by atoms with Crippen molar-refractivity contribution in [3.63, 3.8) is 0 Å². The summed E-state index contributed by atoms with van der Waals surface area (Å²) in [5, 5.41) is 13.2. The number of nitriles is 1. The molecule has 0 aliphatic heterocycles. The lowest BCUT2D eigenvalue weighted by molar-refractivity contribution is 0.182. The maximum atomic E-state index is 9.01. The van der Waals surface area contributed by atoms with Gasteiger partial charge in [0, 0.05) is 7.11 Å². The van der Waals surface area contributed by atoms with E-state index in [0.717, 1.165) is 23.5 Å². The molecule has 0 aliphatic carbocycles. The van der Waals surface area contributed by atoms with Crippen LogP contribution in [0.15, 0.2) is 0 Å². The highest BCUT2D eigenvalue weighted by Crippen LogP contribution is 2.24. The number of aromatic nitrogens is 1. The second-order valence-electron chi connectivity index (χ2n) is 3.67. The summed E-state index contributed by atoms with van der Waals surface area (Å²) in [4.78, 5) is 0. The molecule has 0 fully saturated rings. The zero-order valence-electron chi connectivity index (χ0n) is 9.91. The standard InChI is InChI=1S/C11H17N3OS/c1-4-5-9(7-15-3)13-11-10(6-12)8(2)14-16-11/h9,13H,4-5,7H2,1-3H3. The third-order valence-corrected chi connectivity index (χ3v) is 3.18. The summed E-state index contributed by atoms with van der Waals surface area (Å²) in [6.07, 6.45) is 2.11. The first-order valence-corrected chi connectivity index (χ1v) is 6.12. The van der Waals surface area contributed by atoms with Crippen LogP contribution in [-0.4, -0.2) is 24.1 Å². The lowest BCUT2D eigenvalue weighted by Gasteiger charge is -2.16. The molecule has 1 rings (SSSR count). The lowest BCUT2D eigenvalue weighted by Crippen LogP contribution is -2.24. The van der Waals surface area contributed by atoms with Crippen LogP contribution in [-0.2, 0) is 4.74 Å². The van der Waals surface area contributed by atoms with Crippen molar-refractivity contribution in [2.75, 3.05) is 19.0 Å². The van der Waals surface area contributed by atoms with Gasteiger partial charge >= 0.3 is 0 Å². The van der Waals surface area contributed by atoms with Crippen LogP contribution in [0.1, 0.15) is 31.0 Å². The molecule has 16 heavy (non-hydrogen) atoms. The van der Waals surface area contributed by atoms with Crippen LogP contribution in [0.3, 0.4) is 0 Å². The highest BCUT2D eigenvalue weighted by molar-refractivity contribution is 7.10. The Hall–Kier alpha value is -1.12. The van der Waals surface area contributed by atoms with E-state index in [4.69, 9.17) is 10.00 Å². The lowest BCUT2D eigenvalue weighted by atomic mass is 10.1. The highest BCUT2D eigenvalue weighted by Gasteiger charge is 2.14. The molecule has 4 nitrogen and oxygen atoms in total. The highest BCUT2D eigenvalue weighted by atomic mass is 32.1. The minimum atomic E-state index is 0.252. The molecule has 1 heterocycles. The van der Waals surface area contributed by atoms with Gasteiger partial charge in [-0.05, 0) is 24.9 Å². The zero-order valence-corrected chi connectivity index (χ0v) is 10.7. The van der Waals surface area contributed by atoms with Crippen molar-refractivity contribution < 1.29 is 4.74 Å². The third kappa shape index (κ3) is 3.19. The Bertz CT molecular complexity index is 364. The molecule has 1 atom stereocenters. The van der Waals surface area contributed by atoms with Crippen LogP contribution in [0.5, 0.6) is 0 Å². The van der Waals surface area contributed by atoms with E-state index in [-0.39, 0.29) is 6.04 Å². The minimum Gasteiger partial charge on any atom is -0.383 e. The van der Waals surface area contributed by atoms with Gasteiger partial charge in [-0.1, -0.05) is 13.3 Å². The molecule has 1 N–H and O–H groups in total. The molecule has 0 saturated heterocycles. The SMILES string of the molecule is CCCC(COC)Nc1snc(C)c1C#N. The fourth-order valence-electron chi connectivity index (χ4n) is 1.53. The smallest absolute Gasteiger partial charge is 0.128 e. The van der Waals surface area contributed by atoms with E-state index in [1.165, 1.54) is 11.5 Å². The first kappa shape index (κ1) is 12.9. The molecule has 0 aliphatic rings. The second kappa shape index (κ2) is 6.46. The molecular formula is C11H17N3OS. The monoisotopic (exact) mass is 239 g/mol. The van der Waals surface area contributed by atoms with E-state index in [1.807, 2.05) is 6.92 Å². The molecule has 0 amide bonds. The predicted octanol–water partition coefficient (Wildman–Crippen LogP) is 2.55. The summed E-state index contributed by atoms with van der Waals surface area (Å²) < 4.78 is 9.32. The van der Waals surface area contributed by atoms with Crippen molar-refractivity contribution in [1.29, 1.82) is 5.26 Å². The van der Waals surface area contributed by atoms with E-state index >= 15 is 0 Å². The zero-order chi connectivity index (χ0) is 12.0. The molecule has 0 bridgehead atoms. The largest absolute Gasteiger partial charge is 0.383 e. The maximum Gasteiger partial charge on any atom is 0.128 e. The number of anilines is 1. The van der Waals surface area contributed by atoms with Crippen LogP contribution in [0.2, 0.25) is 0 Å². The molecule has 0 spiro atoms. The summed E-state index contributed by atoms with van der Waals surface area (Å²) in [7, 11) is 1.69. The first-order chi connectivity index (χ1) is 7.72. The van der Waals surface area contributed by atoms with E-state index in [2.05, 4.69) is 22.7 Å². The fraction of sp³-hybridized carbons (Fsp3) is 0.636. The van der Waals surface area contributed by atoms with E-state index in [0.29, 0.717) is 12.2 Å². The molecule has 0 saturated carbocycles. The van der Waals surface area contributed by atoms with Gasteiger partial charge in [0.05, 0.1) is 18.3 Å². The Morgan fingerprint density at radius 1 is 1.62 bits per heavy atom. The molecule has 0 radical (unpaired) electrons. The van der Waals surface area contributed by atoms with Crippen molar-refractivity contribution in [2.24, 2.45) is 0 Å². The summed E-state index contributed by atoms with van der Waals surface area (Å²) in [5.41, 5.74) is 1.45. The number of nitrogens with one attached hydrogen (secondary N) is 1. The van der Waals surface area contributed by atoms with Gasteiger partial charge in [0.25, 0.3) is 0 Å². The Labute approximate surface area is 100 Å². The van der Waals surface area contributed by atoms with E-state index in [1.54, 1.807) is 7.11 Å². The Morgan fingerprint density at radius 3 is 2.94 bits per heavy atom. The van der Waals surface area contributed by atoms with Gasteiger partial charge in [0.1, 0.15) is 16.6 Å². The van der Waals surface area contributed by atoms with Crippen LogP contribution in [0, 0.1) is 18.3 Å². The topological polar surface area (TPSA) is 57.9 Å². The number of hydrogen-bond donors (Lipinski definition) is 1. The van der Waals surface area contributed by atoms with Crippen LogP contribution in [0.4, 0.5) is 5.00 Å². The minimum absolute atomic E-state index is 0.252. The van der Waals surface area contributed by atoms with E-state index in [9.17, 15) is 0 Å².